The molecule has 0 bridgehead atoms. The van der Waals surface area contributed by atoms with Crippen LogP contribution < -0.4 is 10.6 Å². The van der Waals surface area contributed by atoms with Gasteiger partial charge < -0.3 is 10.6 Å². The van der Waals surface area contributed by atoms with Gasteiger partial charge in [-0.2, -0.15) is 5.10 Å². The molecule has 3 aromatic rings. The van der Waals surface area contributed by atoms with Gasteiger partial charge in [0.15, 0.2) is 5.69 Å². The molecule has 0 fully saturated rings. The van der Waals surface area contributed by atoms with Crippen LogP contribution in [0.25, 0.3) is 0 Å². The summed E-state index contributed by atoms with van der Waals surface area (Å²) in [5.41, 5.74) is 3.17. The van der Waals surface area contributed by atoms with Gasteiger partial charge in [-0.25, -0.2) is 0 Å². The molecule has 2 N–H and O–H groups in total. The van der Waals surface area contributed by atoms with Crippen molar-refractivity contribution in [1.29, 1.82) is 0 Å². The molecule has 7 heteroatoms. The van der Waals surface area contributed by atoms with Gasteiger partial charge in [0.25, 0.3) is 5.91 Å². The van der Waals surface area contributed by atoms with Crippen LogP contribution in [0.15, 0.2) is 48.7 Å². The molecule has 0 aliphatic heterocycles. The Balaban J connectivity index is 1.60. The highest BCUT2D eigenvalue weighted by Gasteiger charge is 2.09. The molecule has 2 heterocycles. The maximum atomic E-state index is 12.1. The first-order valence-corrected chi connectivity index (χ1v) is 7.55. The number of carbonyl (C=O) groups is 1. The summed E-state index contributed by atoms with van der Waals surface area (Å²) in [7, 11) is 1.90. The summed E-state index contributed by atoms with van der Waals surface area (Å²) in [5.74, 6) is 0.317. The number of rotatable bonds is 5. The first kappa shape index (κ1) is 15.7. The van der Waals surface area contributed by atoms with E-state index in [0.717, 1.165) is 16.9 Å². The summed E-state index contributed by atoms with van der Waals surface area (Å²) < 4.78 is 1.82. The van der Waals surface area contributed by atoms with Crippen LogP contribution in [-0.4, -0.2) is 25.9 Å². The van der Waals surface area contributed by atoms with Crippen LogP contribution in [0.3, 0.4) is 0 Å². The largest absolute Gasteiger partial charge is 0.364 e. The van der Waals surface area contributed by atoms with Crippen LogP contribution in [0.5, 0.6) is 0 Å². The molecule has 0 aliphatic rings. The van der Waals surface area contributed by atoms with Gasteiger partial charge in [0, 0.05) is 30.5 Å². The first-order valence-electron chi connectivity index (χ1n) is 7.55. The standard InChI is InChI=1S/C17H18N6O/c1-12-13(11-19-23(12)2)10-18-16-9-8-15(21-22-16)17(24)20-14-6-4-3-5-7-14/h3-9,11H,10H2,1-2H3,(H,18,22)(H,20,24). The Kier molecular flexibility index (Phi) is 4.51. The third-order valence-electron chi connectivity index (χ3n) is 3.73. The van der Waals surface area contributed by atoms with Crippen molar-refractivity contribution in [2.24, 2.45) is 7.05 Å². The lowest BCUT2D eigenvalue weighted by atomic mass is 10.2. The van der Waals surface area contributed by atoms with Gasteiger partial charge in [-0.15, -0.1) is 10.2 Å². The molecule has 1 amide bonds. The maximum Gasteiger partial charge on any atom is 0.276 e. The first-order chi connectivity index (χ1) is 11.6. The number of nitrogens with one attached hydrogen (secondary N) is 2. The number of hydrogen-bond acceptors (Lipinski definition) is 5. The second-order valence-corrected chi connectivity index (χ2v) is 5.36. The highest BCUT2D eigenvalue weighted by molar-refractivity contribution is 6.02. The van der Waals surface area contributed by atoms with Gasteiger partial charge in [-0.1, -0.05) is 18.2 Å². The van der Waals surface area contributed by atoms with Crippen LogP contribution in [0.1, 0.15) is 21.7 Å². The topological polar surface area (TPSA) is 84.7 Å². The van der Waals surface area contributed by atoms with Gasteiger partial charge in [0.05, 0.1) is 6.20 Å². The molecular formula is C17H18N6O. The van der Waals surface area contributed by atoms with E-state index in [9.17, 15) is 4.79 Å². The van der Waals surface area contributed by atoms with Crippen LogP contribution in [0.2, 0.25) is 0 Å². The average Bonchev–Trinajstić information content (AvgIpc) is 2.93. The second kappa shape index (κ2) is 6.91. The number of benzene rings is 1. The molecule has 2 aromatic heterocycles. The molecular weight excluding hydrogens is 304 g/mol. The van der Waals surface area contributed by atoms with Crippen molar-refractivity contribution in [1.82, 2.24) is 20.0 Å². The lowest BCUT2D eigenvalue weighted by Gasteiger charge is -2.06. The molecule has 0 saturated heterocycles. The summed E-state index contributed by atoms with van der Waals surface area (Å²) in [6.07, 6.45) is 1.82. The van der Waals surface area contributed by atoms with Crippen molar-refractivity contribution < 1.29 is 4.79 Å². The third kappa shape index (κ3) is 3.57. The second-order valence-electron chi connectivity index (χ2n) is 5.36. The summed E-state index contributed by atoms with van der Waals surface area (Å²) in [6, 6.07) is 12.6. The summed E-state index contributed by atoms with van der Waals surface area (Å²) in [4.78, 5) is 12.1. The van der Waals surface area contributed by atoms with E-state index in [1.807, 2.05) is 55.2 Å². The fourth-order valence-electron chi connectivity index (χ4n) is 2.17. The molecule has 0 unspecified atom stereocenters. The fourth-order valence-corrected chi connectivity index (χ4v) is 2.17. The van der Waals surface area contributed by atoms with Gasteiger partial charge in [0.1, 0.15) is 5.82 Å². The molecule has 3 rings (SSSR count). The van der Waals surface area contributed by atoms with Crippen molar-refractivity contribution >= 4 is 17.4 Å². The summed E-state index contributed by atoms with van der Waals surface area (Å²) >= 11 is 0. The zero-order chi connectivity index (χ0) is 16.9. The fraction of sp³-hybridized carbons (Fsp3) is 0.176. The van der Waals surface area contributed by atoms with E-state index in [4.69, 9.17) is 0 Å². The number of hydrogen-bond donors (Lipinski definition) is 2. The van der Waals surface area contributed by atoms with E-state index in [-0.39, 0.29) is 11.6 Å². The Morgan fingerprint density at radius 3 is 2.54 bits per heavy atom. The summed E-state index contributed by atoms with van der Waals surface area (Å²) in [5, 5.41) is 18.2. The van der Waals surface area contributed by atoms with Crippen molar-refractivity contribution in [3.8, 4) is 0 Å². The Labute approximate surface area is 139 Å². The molecule has 0 aliphatic carbocycles. The zero-order valence-corrected chi connectivity index (χ0v) is 13.5. The van der Waals surface area contributed by atoms with Crippen molar-refractivity contribution in [3.05, 3.63) is 65.6 Å². The lowest BCUT2D eigenvalue weighted by molar-refractivity contribution is 0.102. The molecule has 0 radical (unpaired) electrons. The minimum atomic E-state index is -0.289. The Morgan fingerprint density at radius 2 is 1.92 bits per heavy atom. The molecule has 0 atom stereocenters. The number of para-hydroxylation sites is 1. The molecule has 122 valence electrons. The smallest absolute Gasteiger partial charge is 0.276 e. The highest BCUT2D eigenvalue weighted by Crippen LogP contribution is 2.10. The minimum absolute atomic E-state index is 0.266. The number of amides is 1. The molecule has 24 heavy (non-hydrogen) atoms. The minimum Gasteiger partial charge on any atom is -0.364 e. The van der Waals surface area contributed by atoms with Gasteiger partial charge >= 0.3 is 0 Å². The van der Waals surface area contributed by atoms with Crippen LogP contribution in [0.4, 0.5) is 11.5 Å². The normalized spacial score (nSPS) is 10.4. The molecule has 7 nitrogen and oxygen atoms in total. The number of anilines is 2. The Morgan fingerprint density at radius 1 is 1.12 bits per heavy atom. The van der Waals surface area contributed by atoms with Crippen LogP contribution in [-0.2, 0) is 13.6 Å². The van der Waals surface area contributed by atoms with E-state index < -0.39 is 0 Å². The number of carbonyl (C=O) groups excluding carboxylic acids is 1. The highest BCUT2D eigenvalue weighted by atomic mass is 16.1. The van der Waals surface area contributed by atoms with E-state index in [1.165, 1.54) is 0 Å². The van der Waals surface area contributed by atoms with E-state index in [1.54, 1.807) is 12.1 Å². The number of nitrogens with zero attached hydrogens (tertiary/aromatic N) is 4. The molecule has 0 spiro atoms. The Hall–Kier alpha value is -3.22. The van der Waals surface area contributed by atoms with Gasteiger partial charge in [-0.3, -0.25) is 9.48 Å². The quantitative estimate of drug-likeness (QED) is 0.753. The van der Waals surface area contributed by atoms with E-state index >= 15 is 0 Å². The van der Waals surface area contributed by atoms with Gasteiger partial charge in [-0.05, 0) is 31.2 Å². The monoisotopic (exact) mass is 322 g/mol. The lowest BCUT2D eigenvalue weighted by Crippen LogP contribution is -2.14. The van der Waals surface area contributed by atoms with Gasteiger partial charge in [0.2, 0.25) is 0 Å². The number of aryl methyl sites for hydroxylation is 1. The molecule has 1 aromatic carbocycles. The predicted molar refractivity (Wildman–Crippen MR) is 91.7 cm³/mol. The van der Waals surface area contributed by atoms with Crippen molar-refractivity contribution in [2.75, 3.05) is 10.6 Å². The van der Waals surface area contributed by atoms with E-state index in [2.05, 4.69) is 25.9 Å². The van der Waals surface area contributed by atoms with Crippen molar-refractivity contribution in [3.63, 3.8) is 0 Å². The summed E-state index contributed by atoms with van der Waals surface area (Å²) in [6.45, 7) is 2.61. The predicted octanol–water partition coefficient (Wildman–Crippen LogP) is 2.38. The molecule has 0 saturated carbocycles. The maximum absolute atomic E-state index is 12.1. The zero-order valence-electron chi connectivity index (χ0n) is 13.5. The third-order valence-corrected chi connectivity index (χ3v) is 3.73. The average molecular weight is 322 g/mol. The van der Waals surface area contributed by atoms with Crippen LogP contribution >= 0.6 is 0 Å². The van der Waals surface area contributed by atoms with Crippen LogP contribution in [0, 0.1) is 6.92 Å². The van der Waals surface area contributed by atoms with Crippen molar-refractivity contribution in [2.45, 2.75) is 13.5 Å². The Bertz CT molecular complexity index is 826. The SMILES string of the molecule is Cc1c(CNc2ccc(C(=O)Nc3ccccc3)nn2)cnn1C. The van der Waals surface area contributed by atoms with E-state index in [0.29, 0.717) is 12.4 Å². The number of aromatic nitrogens is 4.